The van der Waals surface area contributed by atoms with Crippen LogP contribution in [0.2, 0.25) is 0 Å². The zero-order valence-electron chi connectivity index (χ0n) is 8.90. The first-order valence-corrected chi connectivity index (χ1v) is 5.60. The van der Waals surface area contributed by atoms with Gasteiger partial charge < -0.3 is 4.90 Å². The molecule has 1 heterocycles. The first-order valence-electron chi connectivity index (χ1n) is 5.16. The summed E-state index contributed by atoms with van der Waals surface area (Å²) < 4.78 is 0. The molecule has 0 unspecified atom stereocenters. The van der Waals surface area contributed by atoms with Crippen LogP contribution in [0.25, 0.3) is 0 Å². The average Bonchev–Trinajstić information content (AvgIpc) is 2.52. The van der Waals surface area contributed by atoms with Gasteiger partial charge in [-0.05, 0) is 31.9 Å². The monoisotopic (exact) mass is 223 g/mol. The lowest BCUT2D eigenvalue weighted by Gasteiger charge is -2.23. The predicted octanol–water partition coefficient (Wildman–Crippen LogP) is 2.59. The van der Waals surface area contributed by atoms with E-state index >= 15 is 0 Å². The maximum absolute atomic E-state index is 11.9. The summed E-state index contributed by atoms with van der Waals surface area (Å²) in [6.07, 6.45) is 0.922. The van der Waals surface area contributed by atoms with Gasteiger partial charge in [-0.15, -0.1) is 11.6 Å². The summed E-state index contributed by atoms with van der Waals surface area (Å²) in [5.41, 5.74) is 2.25. The lowest BCUT2D eigenvalue weighted by Crippen LogP contribution is -2.39. The Morgan fingerprint density at radius 1 is 1.53 bits per heavy atom. The van der Waals surface area contributed by atoms with Crippen molar-refractivity contribution in [3.63, 3.8) is 0 Å². The molecule has 2 nitrogen and oxygen atoms in total. The molecule has 0 fully saturated rings. The van der Waals surface area contributed by atoms with Crippen LogP contribution in [-0.4, -0.2) is 17.3 Å². The van der Waals surface area contributed by atoms with E-state index in [1.54, 1.807) is 6.92 Å². The zero-order valence-corrected chi connectivity index (χ0v) is 9.66. The summed E-state index contributed by atoms with van der Waals surface area (Å²) in [5.74, 6) is -0.00545. The number of hydrogen-bond acceptors (Lipinski definition) is 1. The summed E-state index contributed by atoms with van der Waals surface area (Å²) in [5, 5.41) is -0.460. The largest absolute Gasteiger partial charge is 0.308 e. The molecule has 1 aromatic carbocycles. The molecule has 2 atom stereocenters. The van der Waals surface area contributed by atoms with Crippen molar-refractivity contribution in [2.24, 2.45) is 0 Å². The first-order chi connectivity index (χ1) is 7.11. The minimum Gasteiger partial charge on any atom is -0.308 e. The number of anilines is 1. The standard InChI is InChI=1S/C12H14ClNO/c1-8-7-10-5-3-4-6-11(10)14(8)12(15)9(2)13/h3-6,8-9H,7H2,1-2H3/t8-,9+/m1/s1. The zero-order chi connectivity index (χ0) is 11.0. The van der Waals surface area contributed by atoms with Crippen LogP contribution in [0, 0.1) is 0 Å². The molecule has 0 aromatic heterocycles. The highest BCUT2D eigenvalue weighted by molar-refractivity contribution is 6.32. The lowest BCUT2D eigenvalue weighted by atomic mass is 10.1. The molecule has 0 N–H and O–H groups in total. The molecule has 1 aliphatic heterocycles. The van der Waals surface area contributed by atoms with Gasteiger partial charge in [-0.2, -0.15) is 0 Å². The first kappa shape index (κ1) is 10.5. The van der Waals surface area contributed by atoms with Crippen molar-refractivity contribution in [3.05, 3.63) is 29.8 Å². The van der Waals surface area contributed by atoms with Gasteiger partial charge in [0.15, 0.2) is 0 Å². The fraction of sp³-hybridized carbons (Fsp3) is 0.417. The fourth-order valence-corrected chi connectivity index (χ4v) is 2.20. The van der Waals surface area contributed by atoms with Crippen molar-refractivity contribution >= 4 is 23.2 Å². The Bertz CT molecular complexity index is 389. The van der Waals surface area contributed by atoms with Crippen molar-refractivity contribution in [2.45, 2.75) is 31.7 Å². The van der Waals surface area contributed by atoms with Crippen molar-refractivity contribution in [3.8, 4) is 0 Å². The van der Waals surface area contributed by atoms with E-state index in [2.05, 4.69) is 13.0 Å². The average molecular weight is 224 g/mol. The summed E-state index contributed by atoms with van der Waals surface area (Å²) in [6, 6.07) is 8.23. The van der Waals surface area contributed by atoms with Gasteiger partial charge in [0.05, 0.1) is 0 Å². The SMILES string of the molecule is C[C@H](Cl)C(=O)N1c2ccccc2C[C@H]1C. The third-order valence-corrected chi connectivity index (χ3v) is 2.97. The van der Waals surface area contributed by atoms with Crippen LogP contribution in [0.4, 0.5) is 5.69 Å². The highest BCUT2D eigenvalue weighted by Gasteiger charge is 2.32. The Morgan fingerprint density at radius 2 is 2.20 bits per heavy atom. The maximum Gasteiger partial charge on any atom is 0.245 e. The summed E-state index contributed by atoms with van der Waals surface area (Å²) >= 11 is 5.85. The van der Waals surface area contributed by atoms with E-state index in [0.29, 0.717) is 0 Å². The fourth-order valence-electron chi connectivity index (χ4n) is 2.09. The highest BCUT2D eigenvalue weighted by Crippen LogP contribution is 2.32. The van der Waals surface area contributed by atoms with E-state index in [-0.39, 0.29) is 11.9 Å². The number of para-hydroxylation sites is 1. The minimum atomic E-state index is -0.460. The Hall–Kier alpha value is -1.02. The molecular formula is C12H14ClNO. The lowest BCUT2D eigenvalue weighted by molar-refractivity contribution is -0.118. The third-order valence-electron chi connectivity index (χ3n) is 2.78. The summed E-state index contributed by atoms with van der Waals surface area (Å²) in [6.45, 7) is 3.77. The molecule has 1 amide bonds. The number of alkyl halides is 1. The molecule has 0 aliphatic carbocycles. The van der Waals surface area contributed by atoms with Crippen LogP contribution in [0.1, 0.15) is 19.4 Å². The molecule has 0 radical (unpaired) electrons. The Kier molecular flexibility index (Phi) is 2.70. The van der Waals surface area contributed by atoms with Crippen LogP contribution >= 0.6 is 11.6 Å². The number of nitrogens with zero attached hydrogens (tertiary/aromatic N) is 1. The number of benzene rings is 1. The van der Waals surface area contributed by atoms with E-state index in [0.717, 1.165) is 12.1 Å². The van der Waals surface area contributed by atoms with Crippen molar-refractivity contribution in [1.29, 1.82) is 0 Å². The highest BCUT2D eigenvalue weighted by atomic mass is 35.5. The van der Waals surface area contributed by atoms with Gasteiger partial charge in [0.1, 0.15) is 5.38 Å². The topological polar surface area (TPSA) is 20.3 Å². The number of fused-ring (bicyclic) bond motifs is 1. The molecule has 3 heteroatoms. The van der Waals surface area contributed by atoms with Crippen LogP contribution in [0.15, 0.2) is 24.3 Å². The van der Waals surface area contributed by atoms with Crippen molar-refractivity contribution in [1.82, 2.24) is 0 Å². The molecule has 2 rings (SSSR count). The minimum absolute atomic E-state index is 0.00545. The molecule has 0 saturated carbocycles. The molecule has 0 saturated heterocycles. The Labute approximate surface area is 94.8 Å². The molecule has 0 bridgehead atoms. The second-order valence-corrected chi connectivity index (χ2v) is 4.66. The van der Waals surface area contributed by atoms with Gasteiger partial charge in [-0.1, -0.05) is 18.2 Å². The van der Waals surface area contributed by atoms with Gasteiger partial charge in [-0.3, -0.25) is 4.79 Å². The molecule has 15 heavy (non-hydrogen) atoms. The van der Waals surface area contributed by atoms with Gasteiger partial charge in [0.2, 0.25) is 5.91 Å². The van der Waals surface area contributed by atoms with Crippen LogP contribution in [0.5, 0.6) is 0 Å². The molecule has 1 aromatic rings. The molecule has 80 valence electrons. The number of hydrogen-bond donors (Lipinski definition) is 0. The van der Waals surface area contributed by atoms with Gasteiger partial charge in [0.25, 0.3) is 0 Å². The van der Waals surface area contributed by atoms with Gasteiger partial charge in [-0.25, -0.2) is 0 Å². The Balaban J connectivity index is 2.38. The van der Waals surface area contributed by atoms with Gasteiger partial charge >= 0.3 is 0 Å². The van der Waals surface area contributed by atoms with Gasteiger partial charge in [0, 0.05) is 11.7 Å². The number of carbonyl (C=O) groups is 1. The quantitative estimate of drug-likeness (QED) is 0.671. The molecule has 0 spiro atoms. The summed E-state index contributed by atoms with van der Waals surface area (Å²) in [7, 11) is 0. The van der Waals surface area contributed by atoms with Crippen LogP contribution < -0.4 is 4.90 Å². The van der Waals surface area contributed by atoms with E-state index in [1.807, 2.05) is 23.1 Å². The molecular weight excluding hydrogens is 210 g/mol. The number of carbonyl (C=O) groups excluding carboxylic acids is 1. The van der Waals surface area contributed by atoms with E-state index in [4.69, 9.17) is 11.6 Å². The van der Waals surface area contributed by atoms with Crippen molar-refractivity contribution < 1.29 is 4.79 Å². The predicted molar refractivity (Wildman–Crippen MR) is 62.4 cm³/mol. The second-order valence-electron chi connectivity index (χ2n) is 4.01. The summed E-state index contributed by atoms with van der Waals surface area (Å²) in [4.78, 5) is 13.7. The number of amides is 1. The number of rotatable bonds is 1. The second kappa shape index (κ2) is 3.86. The van der Waals surface area contributed by atoms with E-state index in [9.17, 15) is 4.79 Å². The Morgan fingerprint density at radius 3 is 2.87 bits per heavy atom. The smallest absolute Gasteiger partial charge is 0.245 e. The third kappa shape index (κ3) is 1.74. The number of halogens is 1. The van der Waals surface area contributed by atoms with E-state index in [1.165, 1.54) is 5.56 Å². The maximum atomic E-state index is 11.9. The normalized spacial score (nSPS) is 21.3. The van der Waals surface area contributed by atoms with E-state index < -0.39 is 5.38 Å². The molecule has 1 aliphatic rings. The van der Waals surface area contributed by atoms with Crippen molar-refractivity contribution in [2.75, 3.05) is 4.90 Å². The van der Waals surface area contributed by atoms with Crippen LogP contribution in [-0.2, 0) is 11.2 Å². The van der Waals surface area contributed by atoms with Crippen LogP contribution in [0.3, 0.4) is 0 Å².